The second kappa shape index (κ2) is 7.51. The number of nitrogens with zero attached hydrogens (tertiary/aromatic N) is 2. The highest BCUT2D eigenvalue weighted by Crippen LogP contribution is 2.37. The summed E-state index contributed by atoms with van der Waals surface area (Å²) in [6.45, 7) is 4.14. The lowest BCUT2D eigenvalue weighted by molar-refractivity contribution is -0.139. The first-order valence-electron chi connectivity index (χ1n) is 9.45. The zero-order valence-corrected chi connectivity index (χ0v) is 16.7. The van der Waals surface area contributed by atoms with E-state index in [1.54, 1.807) is 18.3 Å². The lowest BCUT2D eigenvalue weighted by Crippen LogP contribution is -2.11. The maximum absolute atomic E-state index is 12.2. The Morgan fingerprint density at radius 1 is 1.07 bits per heavy atom. The van der Waals surface area contributed by atoms with Crippen molar-refractivity contribution in [2.45, 2.75) is 20.4 Å². The second-order valence-corrected chi connectivity index (χ2v) is 7.36. The van der Waals surface area contributed by atoms with Gasteiger partial charge in [-0.05, 0) is 31.5 Å². The number of hydrogen-bond donors (Lipinski definition) is 2. The Morgan fingerprint density at radius 3 is 2.47 bits per heavy atom. The number of primary amides is 1. The van der Waals surface area contributed by atoms with Crippen LogP contribution in [0.15, 0.2) is 48.8 Å². The molecule has 0 atom stereocenters. The lowest BCUT2D eigenvalue weighted by Gasteiger charge is -2.10. The molecule has 2 aromatic heterocycles. The van der Waals surface area contributed by atoms with Crippen LogP contribution in [0.5, 0.6) is 5.75 Å². The number of fused-ring (bicyclic) bond motifs is 3. The van der Waals surface area contributed by atoms with Crippen molar-refractivity contribution >= 4 is 33.7 Å². The standard InChI is InChI=1S/C23H21N3O4/c1-13-6-14(2)8-15(7-13)11-26-17-5-3-4-16(23(24)29)21(17)22-18(26)9-25-10-19(22)30-12-20(27)28/h3-10H,11-12H2,1-2H3,(H2,24,29)(H,27,28). The molecule has 7 nitrogen and oxygen atoms in total. The molecule has 7 heteroatoms. The van der Waals surface area contributed by atoms with Gasteiger partial charge in [0.05, 0.1) is 28.8 Å². The number of nitrogens with two attached hydrogens (primary N) is 1. The van der Waals surface area contributed by atoms with Crippen LogP contribution in [-0.2, 0) is 11.3 Å². The quantitative estimate of drug-likeness (QED) is 0.513. The first-order chi connectivity index (χ1) is 14.3. The van der Waals surface area contributed by atoms with Gasteiger partial charge in [-0.2, -0.15) is 0 Å². The maximum atomic E-state index is 12.2. The van der Waals surface area contributed by atoms with E-state index in [1.807, 2.05) is 24.5 Å². The molecule has 0 spiro atoms. The van der Waals surface area contributed by atoms with Crippen molar-refractivity contribution < 1.29 is 19.4 Å². The number of aliphatic carboxylic acids is 1. The van der Waals surface area contributed by atoms with Gasteiger partial charge in [0.1, 0.15) is 5.75 Å². The Balaban J connectivity index is 2.01. The van der Waals surface area contributed by atoms with Crippen molar-refractivity contribution in [3.05, 3.63) is 71.0 Å². The van der Waals surface area contributed by atoms with Crippen LogP contribution in [0, 0.1) is 13.8 Å². The van der Waals surface area contributed by atoms with Crippen LogP contribution in [0.2, 0.25) is 0 Å². The molecule has 0 unspecified atom stereocenters. The van der Waals surface area contributed by atoms with E-state index < -0.39 is 18.5 Å². The monoisotopic (exact) mass is 403 g/mol. The van der Waals surface area contributed by atoms with Gasteiger partial charge < -0.3 is 20.1 Å². The van der Waals surface area contributed by atoms with Gasteiger partial charge in [-0.25, -0.2) is 4.79 Å². The van der Waals surface area contributed by atoms with Crippen molar-refractivity contribution in [3.8, 4) is 5.75 Å². The van der Waals surface area contributed by atoms with E-state index in [1.165, 1.54) is 6.20 Å². The zero-order valence-electron chi connectivity index (χ0n) is 16.7. The summed E-state index contributed by atoms with van der Waals surface area (Å²) in [6, 6.07) is 11.7. The summed E-state index contributed by atoms with van der Waals surface area (Å²) in [4.78, 5) is 27.4. The Morgan fingerprint density at radius 2 is 1.80 bits per heavy atom. The number of ether oxygens (including phenoxy) is 1. The molecule has 0 saturated heterocycles. The van der Waals surface area contributed by atoms with Crippen LogP contribution in [-0.4, -0.2) is 33.1 Å². The van der Waals surface area contributed by atoms with Gasteiger partial charge in [0, 0.05) is 17.5 Å². The molecule has 4 rings (SSSR count). The fourth-order valence-corrected chi connectivity index (χ4v) is 4.01. The largest absolute Gasteiger partial charge is 0.480 e. The maximum Gasteiger partial charge on any atom is 0.341 e. The number of rotatable bonds is 6. The molecular weight excluding hydrogens is 382 g/mol. The van der Waals surface area contributed by atoms with E-state index in [-0.39, 0.29) is 0 Å². The third-order valence-corrected chi connectivity index (χ3v) is 5.00. The van der Waals surface area contributed by atoms with Crippen LogP contribution in [0.4, 0.5) is 0 Å². The summed E-state index contributed by atoms with van der Waals surface area (Å²) >= 11 is 0. The molecule has 0 aliphatic rings. The van der Waals surface area contributed by atoms with E-state index in [4.69, 9.17) is 15.6 Å². The molecule has 1 amide bonds. The third-order valence-electron chi connectivity index (χ3n) is 5.00. The highest BCUT2D eigenvalue weighted by Gasteiger charge is 2.20. The number of aromatic nitrogens is 2. The number of carbonyl (C=O) groups is 2. The molecule has 0 radical (unpaired) electrons. The van der Waals surface area contributed by atoms with E-state index in [0.29, 0.717) is 28.6 Å². The predicted octanol–water partition coefficient (Wildman–Crippen LogP) is 3.42. The number of benzene rings is 2. The Kier molecular flexibility index (Phi) is 4.87. The molecule has 30 heavy (non-hydrogen) atoms. The van der Waals surface area contributed by atoms with Gasteiger partial charge in [-0.1, -0.05) is 35.4 Å². The summed E-state index contributed by atoms with van der Waals surface area (Å²) in [5.41, 5.74) is 11.0. The fraction of sp³-hybridized carbons (Fsp3) is 0.174. The van der Waals surface area contributed by atoms with Crippen molar-refractivity contribution in [1.29, 1.82) is 0 Å². The Hall–Kier alpha value is -3.87. The zero-order chi connectivity index (χ0) is 21.4. The van der Waals surface area contributed by atoms with Gasteiger partial charge in [0.15, 0.2) is 6.61 Å². The lowest BCUT2D eigenvalue weighted by atomic mass is 10.1. The van der Waals surface area contributed by atoms with Crippen molar-refractivity contribution in [3.63, 3.8) is 0 Å². The van der Waals surface area contributed by atoms with Crippen molar-refractivity contribution in [2.24, 2.45) is 5.73 Å². The minimum atomic E-state index is -1.10. The van der Waals surface area contributed by atoms with Crippen LogP contribution in [0.1, 0.15) is 27.0 Å². The summed E-state index contributed by atoms with van der Waals surface area (Å²) in [7, 11) is 0. The fourth-order valence-electron chi connectivity index (χ4n) is 4.01. The summed E-state index contributed by atoms with van der Waals surface area (Å²) in [5.74, 6) is -1.36. The van der Waals surface area contributed by atoms with Gasteiger partial charge in [0.2, 0.25) is 5.91 Å². The van der Waals surface area contributed by atoms with E-state index in [2.05, 4.69) is 23.2 Å². The molecule has 152 valence electrons. The molecule has 0 fully saturated rings. The minimum Gasteiger partial charge on any atom is -0.480 e. The summed E-state index contributed by atoms with van der Waals surface area (Å²) in [6.07, 6.45) is 3.15. The number of carbonyl (C=O) groups excluding carboxylic acids is 1. The van der Waals surface area contributed by atoms with E-state index in [9.17, 15) is 9.59 Å². The average molecular weight is 403 g/mol. The smallest absolute Gasteiger partial charge is 0.341 e. The molecular formula is C23H21N3O4. The first kappa shape index (κ1) is 19.4. The average Bonchev–Trinajstić information content (AvgIpc) is 3.00. The number of carboxylic acids is 1. The van der Waals surface area contributed by atoms with Gasteiger partial charge in [0.25, 0.3) is 0 Å². The molecule has 0 aliphatic carbocycles. The molecule has 0 saturated carbocycles. The molecule has 4 aromatic rings. The minimum absolute atomic E-state index is 0.299. The van der Waals surface area contributed by atoms with Crippen molar-refractivity contribution in [2.75, 3.05) is 6.61 Å². The summed E-state index contributed by atoms with van der Waals surface area (Å²) in [5, 5.41) is 10.3. The van der Waals surface area contributed by atoms with Crippen molar-refractivity contribution in [1.82, 2.24) is 9.55 Å². The first-order valence-corrected chi connectivity index (χ1v) is 9.45. The van der Waals surface area contributed by atoms with Gasteiger partial charge >= 0.3 is 5.97 Å². The molecule has 0 aliphatic heterocycles. The number of amides is 1. The van der Waals surface area contributed by atoms with Crippen LogP contribution >= 0.6 is 0 Å². The van der Waals surface area contributed by atoms with E-state index >= 15 is 0 Å². The van der Waals surface area contributed by atoms with Gasteiger partial charge in [-0.3, -0.25) is 9.78 Å². The third kappa shape index (κ3) is 3.45. The molecule has 0 bridgehead atoms. The number of carboxylic acid groups (broad SMARTS) is 1. The molecule has 2 heterocycles. The predicted molar refractivity (Wildman–Crippen MR) is 114 cm³/mol. The normalized spacial score (nSPS) is 11.1. The molecule has 3 N–H and O–H groups in total. The topological polar surface area (TPSA) is 107 Å². The van der Waals surface area contributed by atoms with Crippen LogP contribution in [0.3, 0.4) is 0 Å². The summed E-state index contributed by atoms with van der Waals surface area (Å²) < 4.78 is 7.55. The second-order valence-electron chi connectivity index (χ2n) is 7.36. The van der Waals surface area contributed by atoms with Gasteiger partial charge in [-0.15, -0.1) is 0 Å². The highest BCUT2D eigenvalue weighted by molar-refractivity contribution is 6.19. The van der Waals surface area contributed by atoms with Crippen LogP contribution < -0.4 is 10.5 Å². The SMILES string of the molecule is Cc1cc(C)cc(Cn2c3cncc(OCC(=O)O)c3c3c(C(N)=O)cccc32)c1. The number of pyridine rings is 1. The Labute approximate surface area is 172 Å². The highest BCUT2D eigenvalue weighted by atomic mass is 16.5. The molecule has 2 aromatic carbocycles. The van der Waals surface area contributed by atoms with E-state index in [0.717, 1.165) is 27.7 Å². The number of aryl methyl sites for hydroxylation is 2. The van der Waals surface area contributed by atoms with Crippen LogP contribution in [0.25, 0.3) is 21.8 Å². The number of hydrogen-bond acceptors (Lipinski definition) is 4. The Bertz CT molecular complexity index is 1290.